The maximum absolute atomic E-state index is 12.6. The number of amides is 1. The number of benzene rings is 1. The molecule has 2 fully saturated rings. The van der Waals surface area contributed by atoms with E-state index in [-0.39, 0.29) is 17.6 Å². The molecule has 6 nitrogen and oxygen atoms in total. The molecule has 0 radical (unpaired) electrons. The first-order valence-electron chi connectivity index (χ1n) is 8.91. The van der Waals surface area contributed by atoms with Crippen LogP contribution in [0.2, 0.25) is 0 Å². The lowest BCUT2D eigenvalue weighted by Crippen LogP contribution is -2.48. The number of carbonyl (C=O) groups is 1. The van der Waals surface area contributed by atoms with E-state index in [1.807, 2.05) is 4.90 Å². The molecule has 9 heteroatoms. The first-order chi connectivity index (χ1) is 12.9. The van der Waals surface area contributed by atoms with E-state index in [0.29, 0.717) is 31.1 Å². The van der Waals surface area contributed by atoms with Crippen LogP contribution in [0.4, 0.5) is 13.2 Å². The van der Waals surface area contributed by atoms with Crippen molar-refractivity contribution >= 4 is 5.91 Å². The average molecular weight is 380 g/mol. The Morgan fingerprint density at radius 2 is 1.78 bits per heavy atom. The van der Waals surface area contributed by atoms with Gasteiger partial charge in [-0.15, -0.1) is 0 Å². The number of rotatable bonds is 4. The predicted molar refractivity (Wildman–Crippen MR) is 89.3 cm³/mol. The van der Waals surface area contributed by atoms with Gasteiger partial charge in [-0.1, -0.05) is 17.3 Å². The zero-order chi connectivity index (χ0) is 19.0. The molecule has 2 heterocycles. The molecule has 0 spiro atoms. The number of hydrogen-bond donors (Lipinski definition) is 0. The number of hydrogen-bond acceptors (Lipinski definition) is 5. The molecule has 1 saturated carbocycles. The van der Waals surface area contributed by atoms with Gasteiger partial charge in [0.2, 0.25) is 17.6 Å². The van der Waals surface area contributed by atoms with E-state index in [1.54, 1.807) is 0 Å². The summed E-state index contributed by atoms with van der Waals surface area (Å²) in [5.74, 6) is 1.17. The van der Waals surface area contributed by atoms with Crippen LogP contribution in [0.15, 0.2) is 28.8 Å². The fourth-order valence-corrected chi connectivity index (χ4v) is 3.15. The Balaban J connectivity index is 1.34. The molecule has 1 aromatic carbocycles. The summed E-state index contributed by atoms with van der Waals surface area (Å²) in [5.41, 5.74) is -0.244. The van der Waals surface area contributed by atoms with Crippen LogP contribution in [-0.2, 0) is 17.5 Å². The molecule has 2 aromatic rings. The van der Waals surface area contributed by atoms with Crippen molar-refractivity contribution in [3.63, 3.8) is 0 Å². The molecule has 0 N–H and O–H groups in total. The molecule has 4 rings (SSSR count). The Labute approximate surface area is 153 Å². The number of nitrogens with zero attached hydrogens (tertiary/aromatic N) is 4. The van der Waals surface area contributed by atoms with Crippen LogP contribution in [0.5, 0.6) is 0 Å². The molecule has 1 amide bonds. The van der Waals surface area contributed by atoms with Gasteiger partial charge < -0.3 is 9.42 Å². The third-order valence-corrected chi connectivity index (χ3v) is 4.91. The van der Waals surface area contributed by atoms with Gasteiger partial charge in [-0.2, -0.15) is 18.2 Å². The Morgan fingerprint density at radius 1 is 1.11 bits per heavy atom. The van der Waals surface area contributed by atoms with Crippen LogP contribution < -0.4 is 0 Å². The summed E-state index contributed by atoms with van der Waals surface area (Å²) in [7, 11) is 0. The summed E-state index contributed by atoms with van der Waals surface area (Å²) in [5, 5.41) is 3.86. The molecule has 0 bridgehead atoms. The van der Waals surface area contributed by atoms with E-state index in [4.69, 9.17) is 4.52 Å². The molecule has 1 saturated heterocycles. The van der Waals surface area contributed by atoms with Gasteiger partial charge in [0, 0.05) is 37.7 Å². The predicted octanol–water partition coefficient (Wildman–Crippen LogP) is 2.81. The van der Waals surface area contributed by atoms with Gasteiger partial charge in [-0.25, -0.2) is 0 Å². The fourth-order valence-electron chi connectivity index (χ4n) is 3.15. The van der Waals surface area contributed by atoms with Crippen molar-refractivity contribution < 1.29 is 22.5 Å². The first kappa shape index (κ1) is 18.0. The standard InChI is InChI=1S/C18H19F3N4O2/c19-18(20,21)14-5-3-12(4-6-14)16-22-15(27-23-16)11-24-7-9-25(10-8-24)17(26)13-1-2-13/h3-6,13H,1-2,7-11H2. The highest BCUT2D eigenvalue weighted by atomic mass is 19.4. The Kier molecular flexibility index (Phi) is 4.63. The van der Waals surface area contributed by atoms with E-state index in [0.717, 1.165) is 38.1 Å². The highest BCUT2D eigenvalue weighted by Crippen LogP contribution is 2.32. The van der Waals surface area contributed by atoms with Crippen LogP contribution in [-0.4, -0.2) is 52.0 Å². The lowest BCUT2D eigenvalue weighted by molar-refractivity contribution is -0.137. The quantitative estimate of drug-likeness (QED) is 0.816. The molecule has 1 aliphatic heterocycles. The van der Waals surface area contributed by atoms with Crippen molar-refractivity contribution in [1.29, 1.82) is 0 Å². The van der Waals surface area contributed by atoms with Gasteiger partial charge in [0.25, 0.3) is 0 Å². The van der Waals surface area contributed by atoms with Gasteiger partial charge in [0.15, 0.2) is 0 Å². The maximum atomic E-state index is 12.6. The van der Waals surface area contributed by atoms with Gasteiger partial charge in [0.05, 0.1) is 12.1 Å². The minimum absolute atomic E-state index is 0.235. The van der Waals surface area contributed by atoms with Gasteiger partial charge in [-0.05, 0) is 25.0 Å². The minimum Gasteiger partial charge on any atom is -0.340 e. The van der Waals surface area contributed by atoms with Crippen molar-refractivity contribution in [2.24, 2.45) is 5.92 Å². The molecular weight excluding hydrogens is 361 g/mol. The summed E-state index contributed by atoms with van der Waals surface area (Å²) in [6.45, 7) is 3.30. The van der Waals surface area contributed by atoms with Crippen LogP contribution in [0.25, 0.3) is 11.4 Å². The summed E-state index contributed by atoms with van der Waals surface area (Å²) in [6.07, 6.45) is -2.36. The van der Waals surface area contributed by atoms with Gasteiger partial charge in [-0.3, -0.25) is 9.69 Å². The molecule has 27 heavy (non-hydrogen) atoms. The Morgan fingerprint density at radius 3 is 2.37 bits per heavy atom. The molecule has 1 aromatic heterocycles. The summed E-state index contributed by atoms with van der Waals surface area (Å²) in [4.78, 5) is 20.4. The second-order valence-electron chi connectivity index (χ2n) is 6.96. The van der Waals surface area contributed by atoms with E-state index in [1.165, 1.54) is 12.1 Å². The maximum Gasteiger partial charge on any atom is 0.416 e. The molecule has 144 valence electrons. The highest BCUT2D eigenvalue weighted by molar-refractivity contribution is 5.81. The average Bonchev–Trinajstić information content (AvgIpc) is 3.40. The molecule has 2 aliphatic rings. The van der Waals surface area contributed by atoms with Crippen molar-refractivity contribution in [2.75, 3.05) is 26.2 Å². The van der Waals surface area contributed by atoms with Crippen LogP contribution in [0.3, 0.4) is 0 Å². The van der Waals surface area contributed by atoms with Crippen LogP contribution in [0.1, 0.15) is 24.3 Å². The summed E-state index contributed by atoms with van der Waals surface area (Å²) >= 11 is 0. The first-order valence-corrected chi connectivity index (χ1v) is 8.91. The van der Waals surface area contributed by atoms with Gasteiger partial charge in [0.1, 0.15) is 0 Å². The smallest absolute Gasteiger partial charge is 0.340 e. The summed E-state index contributed by atoms with van der Waals surface area (Å²) < 4.78 is 43.1. The number of aromatic nitrogens is 2. The van der Waals surface area contributed by atoms with E-state index in [9.17, 15) is 18.0 Å². The van der Waals surface area contributed by atoms with Crippen molar-refractivity contribution in [3.05, 3.63) is 35.7 Å². The largest absolute Gasteiger partial charge is 0.416 e. The number of halogens is 3. The zero-order valence-corrected chi connectivity index (χ0v) is 14.6. The lowest BCUT2D eigenvalue weighted by atomic mass is 10.1. The molecule has 0 atom stereocenters. The SMILES string of the molecule is O=C(C1CC1)N1CCN(Cc2nc(-c3ccc(C(F)(F)F)cc3)no2)CC1. The topological polar surface area (TPSA) is 62.5 Å². The minimum atomic E-state index is -4.37. The van der Waals surface area contributed by atoms with Crippen LogP contribution in [0, 0.1) is 5.92 Å². The van der Waals surface area contributed by atoms with Crippen molar-refractivity contribution in [3.8, 4) is 11.4 Å². The molecular formula is C18H19F3N4O2. The fraction of sp³-hybridized carbons (Fsp3) is 0.500. The molecule has 1 aliphatic carbocycles. The second kappa shape index (κ2) is 6.95. The lowest BCUT2D eigenvalue weighted by Gasteiger charge is -2.34. The third-order valence-electron chi connectivity index (χ3n) is 4.91. The van der Waals surface area contributed by atoms with Crippen molar-refractivity contribution in [2.45, 2.75) is 25.6 Å². The number of carbonyl (C=O) groups excluding carboxylic acids is 1. The van der Waals surface area contributed by atoms with Crippen molar-refractivity contribution in [1.82, 2.24) is 19.9 Å². The number of alkyl halides is 3. The zero-order valence-electron chi connectivity index (χ0n) is 14.6. The second-order valence-corrected chi connectivity index (χ2v) is 6.96. The monoisotopic (exact) mass is 380 g/mol. The van der Waals surface area contributed by atoms with Crippen LogP contribution >= 0.6 is 0 Å². The Hall–Kier alpha value is -2.42. The number of piperazine rings is 1. The third kappa shape index (κ3) is 4.13. The van der Waals surface area contributed by atoms with Gasteiger partial charge >= 0.3 is 6.18 Å². The molecule has 0 unspecified atom stereocenters. The van der Waals surface area contributed by atoms with E-state index >= 15 is 0 Å². The Bertz CT molecular complexity index is 807. The van der Waals surface area contributed by atoms with E-state index in [2.05, 4.69) is 15.0 Å². The highest BCUT2D eigenvalue weighted by Gasteiger charge is 2.34. The summed E-state index contributed by atoms with van der Waals surface area (Å²) in [6, 6.07) is 4.67. The van der Waals surface area contributed by atoms with E-state index < -0.39 is 11.7 Å². The normalized spacial score (nSPS) is 18.7.